The van der Waals surface area contributed by atoms with Crippen LogP contribution < -0.4 is 10.2 Å². The van der Waals surface area contributed by atoms with E-state index in [0.717, 1.165) is 4.47 Å². The van der Waals surface area contributed by atoms with Gasteiger partial charge in [-0.1, -0.05) is 27.5 Å². The fraction of sp³-hybridized carbons (Fsp3) is 0.333. The number of piperazine rings is 1. The largest absolute Gasteiger partial charge is 0.343 e. The standard InChI is InChI=1S/C12H12BrClN2O2/c1-6-12(18)16(7(2)11(17)15-6)10-5-8(13)3-4-9(10)14/h3-7H,1-2H3,(H,15,17). The van der Waals surface area contributed by atoms with E-state index in [9.17, 15) is 9.59 Å². The lowest BCUT2D eigenvalue weighted by molar-refractivity contribution is -0.133. The molecule has 2 unspecified atom stereocenters. The Morgan fingerprint density at radius 3 is 2.67 bits per heavy atom. The van der Waals surface area contributed by atoms with Crippen LogP contribution in [0, 0.1) is 0 Å². The van der Waals surface area contributed by atoms with Gasteiger partial charge in [0.2, 0.25) is 11.8 Å². The molecule has 1 aliphatic rings. The number of rotatable bonds is 1. The molecule has 18 heavy (non-hydrogen) atoms. The molecule has 1 aromatic rings. The number of benzene rings is 1. The molecule has 1 heterocycles. The average Bonchev–Trinajstić information content (AvgIpc) is 2.31. The number of amides is 2. The third kappa shape index (κ3) is 2.24. The smallest absolute Gasteiger partial charge is 0.250 e. The van der Waals surface area contributed by atoms with Crippen molar-refractivity contribution in [3.05, 3.63) is 27.7 Å². The summed E-state index contributed by atoms with van der Waals surface area (Å²) in [5.74, 6) is -0.347. The second kappa shape index (κ2) is 4.90. The summed E-state index contributed by atoms with van der Waals surface area (Å²) in [6.07, 6.45) is 0. The SMILES string of the molecule is CC1NC(=O)C(C)N(c2cc(Br)ccc2Cl)C1=O. The Hall–Kier alpha value is -1.07. The highest BCUT2D eigenvalue weighted by molar-refractivity contribution is 9.10. The molecule has 0 aliphatic carbocycles. The van der Waals surface area contributed by atoms with Crippen LogP contribution in [0.3, 0.4) is 0 Å². The number of carbonyl (C=O) groups is 2. The van der Waals surface area contributed by atoms with E-state index >= 15 is 0 Å². The third-order valence-electron chi connectivity index (χ3n) is 2.90. The molecule has 2 rings (SSSR count). The van der Waals surface area contributed by atoms with Crippen molar-refractivity contribution in [3.63, 3.8) is 0 Å². The van der Waals surface area contributed by atoms with E-state index < -0.39 is 12.1 Å². The first-order valence-electron chi connectivity index (χ1n) is 5.50. The maximum Gasteiger partial charge on any atom is 0.250 e. The lowest BCUT2D eigenvalue weighted by atomic mass is 10.1. The molecule has 0 aromatic heterocycles. The van der Waals surface area contributed by atoms with Crippen molar-refractivity contribution in [3.8, 4) is 0 Å². The van der Waals surface area contributed by atoms with Crippen molar-refractivity contribution in [2.75, 3.05) is 4.90 Å². The fourth-order valence-electron chi connectivity index (χ4n) is 1.91. The lowest BCUT2D eigenvalue weighted by Crippen LogP contribution is -2.61. The summed E-state index contributed by atoms with van der Waals surface area (Å²) in [7, 11) is 0. The molecule has 2 atom stereocenters. The monoisotopic (exact) mass is 330 g/mol. The minimum Gasteiger partial charge on any atom is -0.343 e. The van der Waals surface area contributed by atoms with Gasteiger partial charge in [-0.25, -0.2) is 0 Å². The molecular weight excluding hydrogens is 320 g/mol. The predicted octanol–water partition coefficient (Wildman–Crippen LogP) is 2.34. The second-order valence-corrected chi connectivity index (χ2v) is 5.53. The van der Waals surface area contributed by atoms with E-state index in [0.29, 0.717) is 10.7 Å². The van der Waals surface area contributed by atoms with Crippen LogP contribution in [0.1, 0.15) is 13.8 Å². The molecule has 4 nitrogen and oxygen atoms in total. The molecule has 2 amide bonds. The van der Waals surface area contributed by atoms with Gasteiger partial charge in [0.05, 0.1) is 10.7 Å². The van der Waals surface area contributed by atoms with Gasteiger partial charge in [0.1, 0.15) is 12.1 Å². The second-order valence-electron chi connectivity index (χ2n) is 4.21. The molecule has 96 valence electrons. The molecule has 1 fully saturated rings. The summed E-state index contributed by atoms with van der Waals surface area (Å²) in [5, 5.41) is 3.07. The van der Waals surface area contributed by atoms with Gasteiger partial charge in [-0.15, -0.1) is 0 Å². The van der Waals surface area contributed by atoms with Crippen LogP contribution in [0.15, 0.2) is 22.7 Å². The highest BCUT2D eigenvalue weighted by atomic mass is 79.9. The van der Waals surface area contributed by atoms with Crippen LogP contribution in [0.2, 0.25) is 5.02 Å². The van der Waals surface area contributed by atoms with E-state index in [1.807, 2.05) is 0 Å². The molecule has 1 aromatic carbocycles. The van der Waals surface area contributed by atoms with E-state index in [2.05, 4.69) is 21.2 Å². The number of anilines is 1. The van der Waals surface area contributed by atoms with Gasteiger partial charge in [0, 0.05) is 4.47 Å². The zero-order chi connectivity index (χ0) is 13.4. The van der Waals surface area contributed by atoms with E-state index in [-0.39, 0.29) is 11.8 Å². The number of hydrogen-bond acceptors (Lipinski definition) is 2. The molecule has 0 saturated carbocycles. The Bertz CT molecular complexity index is 521. The van der Waals surface area contributed by atoms with Crippen molar-refractivity contribution < 1.29 is 9.59 Å². The third-order valence-corrected chi connectivity index (χ3v) is 3.71. The zero-order valence-electron chi connectivity index (χ0n) is 9.91. The number of hydrogen-bond donors (Lipinski definition) is 1. The Balaban J connectivity index is 2.49. The van der Waals surface area contributed by atoms with Crippen LogP contribution in [-0.2, 0) is 9.59 Å². The van der Waals surface area contributed by atoms with E-state index in [1.165, 1.54) is 4.90 Å². The van der Waals surface area contributed by atoms with Crippen LogP contribution in [0.5, 0.6) is 0 Å². The first-order valence-corrected chi connectivity index (χ1v) is 6.67. The fourth-order valence-corrected chi connectivity index (χ4v) is 2.47. The molecular formula is C12H12BrClN2O2. The topological polar surface area (TPSA) is 49.4 Å². The van der Waals surface area contributed by atoms with E-state index in [4.69, 9.17) is 11.6 Å². The van der Waals surface area contributed by atoms with Gasteiger partial charge in [-0.3, -0.25) is 14.5 Å². The highest BCUT2D eigenvalue weighted by Gasteiger charge is 2.37. The summed E-state index contributed by atoms with van der Waals surface area (Å²) >= 11 is 9.45. The highest BCUT2D eigenvalue weighted by Crippen LogP contribution is 2.32. The summed E-state index contributed by atoms with van der Waals surface area (Å²) < 4.78 is 0.806. The van der Waals surface area contributed by atoms with Crippen molar-refractivity contribution in [2.45, 2.75) is 25.9 Å². The maximum atomic E-state index is 12.2. The van der Waals surface area contributed by atoms with Gasteiger partial charge in [0.15, 0.2) is 0 Å². The first-order chi connectivity index (χ1) is 8.41. The van der Waals surface area contributed by atoms with Gasteiger partial charge in [-0.2, -0.15) is 0 Å². The van der Waals surface area contributed by atoms with Gasteiger partial charge in [0.25, 0.3) is 0 Å². The minimum absolute atomic E-state index is 0.165. The minimum atomic E-state index is -0.569. The van der Waals surface area contributed by atoms with Crippen LogP contribution in [-0.4, -0.2) is 23.9 Å². The molecule has 1 aliphatic heterocycles. The number of nitrogens with one attached hydrogen (secondary N) is 1. The van der Waals surface area contributed by atoms with Crippen molar-refractivity contribution in [2.24, 2.45) is 0 Å². The Labute approximate surface area is 118 Å². The summed E-state index contributed by atoms with van der Waals surface area (Å²) in [6, 6.07) is 4.11. The molecule has 0 bridgehead atoms. The van der Waals surface area contributed by atoms with Crippen LogP contribution in [0.4, 0.5) is 5.69 Å². The molecule has 6 heteroatoms. The lowest BCUT2D eigenvalue weighted by Gasteiger charge is -2.36. The van der Waals surface area contributed by atoms with Crippen LogP contribution in [0.25, 0.3) is 0 Å². The van der Waals surface area contributed by atoms with Crippen molar-refractivity contribution in [1.82, 2.24) is 5.32 Å². The van der Waals surface area contributed by atoms with Crippen LogP contribution >= 0.6 is 27.5 Å². The molecule has 1 saturated heterocycles. The van der Waals surface area contributed by atoms with Gasteiger partial charge >= 0.3 is 0 Å². The molecule has 0 radical (unpaired) electrons. The number of carbonyl (C=O) groups excluding carboxylic acids is 2. The maximum absolute atomic E-state index is 12.2. The van der Waals surface area contributed by atoms with E-state index in [1.54, 1.807) is 32.0 Å². The summed E-state index contributed by atoms with van der Waals surface area (Å²) in [6.45, 7) is 3.33. The Morgan fingerprint density at radius 2 is 2.00 bits per heavy atom. The van der Waals surface area contributed by atoms with Crippen molar-refractivity contribution >= 4 is 45.0 Å². The molecule has 1 N–H and O–H groups in total. The number of nitrogens with zero attached hydrogens (tertiary/aromatic N) is 1. The normalized spacial score (nSPS) is 24.1. The van der Waals surface area contributed by atoms with Gasteiger partial charge < -0.3 is 5.32 Å². The number of halogens is 2. The Kier molecular flexibility index (Phi) is 3.64. The molecule has 0 spiro atoms. The summed E-state index contributed by atoms with van der Waals surface area (Å²) in [4.78, 5) is 25.4. The Morgan fingerprint density at radius 1 is 1.33 bits per heavy atom. The first kappa shape index (κ1) is 13.4. The average molecular weight is 332 g/mol. The summed E-state index contributed by atoms with van der Waals surface area (Å²) in [5.41, 5.74) is 0.547. The quantitative estimate of drug-likeness (QED) is 0.859. The predicted molar refractivity (Wildman–Crippen MR) is 73.7 cm³/mol. The van der Waals surface area contributed by atoms with Crippen molar-refractivity contribution in [1.29, 1.82) is 0 Å². The zero-order valence-corrected chi connectivity index (χ0v) is 12.2. The van der Waals surface area contributed by atoms with Gasteiger partial charge in [-0.05, 0) is 32.0 Å².